The molecule has 0 amide bonds. The fourth-order valence-electron chi connectivity index (χ4n) is 2.60. The molecule has 0 saturated carbocycles. The molecule has 0 spiro atoms. The van der Waals surface area contributed by atoms with Crippen molar-refractivity contribution < 1.29 is 0 Å². The Hall–Kier alpha value is -1.71. The Balaban J connectivity index is 2.14. The van der Waals surface area contributed by atoms with E-state index in [1.807, 2.05) is 12.3 Å². The number of fused-ring (bicyclic) bond motifs is 1. The maximum absolute atomic E-state index is 4.46. The molecule has 0 bridgehead atoms. The summed E-state index contributed by atoms with van der Waals surface area (Å²) >= 11 is 1.80. The Bertz CT molecular complexity index is 712. The third-order valence-corrected chi connectivity index (χ3v) is 4.37. The summed E-state index contributed by atoms with van der Waals surface area (Å²) in [6.45, 7) is 5.24. The van der Waals surface area contributed by atoms with Gasteiger partial charge in [-0.25, -0.2) is 0 Å². The number of thiophene rings is 1. The van der Waals surface area contributed by atoms with Crippen LogP contribution in [0.1, 0.15) is 29.0 Å². The number of rotatable bonds is 4. The molecule has 1 N–H and O–H groups in total. The number of aryl methyl sites for hydroxylation is 1. The highest BCUT2D eigenvalue weighted by molar-refractivity contribution is 7.10. The number of hydrogen-bond donors (Lipinski definition) is 1. The van der Waals surface area contributed by atoms with Gasteiger partial charge in [-0.1, -0.05) is 25.1 Å². The van der Waals surface area contributed by atoms with Gasteiger partial charge in [0.1, 0.15) is 0 Å². The normalized spacial score (nSPS) is 12.7. The molecule has 102 valence electrons. The second-order valence-corrected chi connectivity index (χ2v) is 6.01. The van der Waals surface area contributed by atoms with Gasteiger partial charge < -0.3 is 5.32 Å². The first kappa shape index (κ1) is 13.3. The van der Waals surface area contributed by atoms with Gasteiger partial charge in [-0.15, -0.1) is 11.3 Å². The topological polar surface area (TPSA) is 24.9 Å². The van der Waals surface area contributed by atoms with E-state index >= 15 is 0 Å². The van der Waals surface area contributed by atoms with Gasteiger partial charge >= 0.3 is 0 Å². The lowest BCUT2D eigenvalue weighted by molar-refractivity contribution is 0.635. The van der Waals surface area contributed by atoms with Crippen LogP contribution in [-0.4, -0.2) is 11.5 Å². The van der Waals surface area contributed by atoms with Crippen LogP contribution in [0.4, 0.5) is 0 Å². The Morgan fingerprint density at radius 1 is 1.25 bits per heavy atom. The molecule has 0 fully saturated rings. The lowest BCUT2D eigenvalue weighted by atomic mass is 9.97. The molecule has 1 atom stereocenters. The van der Waals surface area contributed by atoms with Gasteiger partial charge in [-0.2, -0.15) is 0 Å². The predicted octanol–water partition coefficient (Wildman–Crippen LogP) is 4.30. The average molecular weight is 282 g/mol. The summed E-state index contributed by atoms with van der Waals surface area (Å²) in [5.74, 6) is 0. The number of hydrogen-bond acceptors (Lipinski definition) is 3. The molecule has 1 aromatic carbocycles. The van der Waals surface area contributed by atoms with Crippen molar-refractivity contribution >= 4 is 22.2 Å². The molecule has 3 rings (SSSR count). The first-order chi connectivity index (χ1) is 9.79. The number of nitrogens with one attached hydrogen (secondary N) is 1. The zero-order valence-electron chi connectivity index (χ0n) is 11.8. The molecule has 3 aromatic rings. The number of pyridine rings is 1. The Morgan fingerprint density at radius 2 is 2.10 bits per heavy atom. The fourth-order valence-corrected chi connectivity index (χ4v) is 3.33. The monoisotopic (exact) mass is 282 g/mol. The minimum absolute atomic E-state index is 0.234. The Morgan fingerprint density at radius 3 is 2.85 bits per heavy atom. The molecule has 2 aromatic heterocycles. The largest absolute Gasteiger partial charge is 0.306 e. The van der Waals surface area contributed by atoms with Crippen LogP contribution in [0.15, 0.2) is 48.0 Å². The number of aromatic nitrogens is 1. The van der Waals surface area contributed by atoms with Crippen molar-refractivity contribution in [1.82, 2.24) is 10.3 Å². The molecule has 0 radical (unpaired) electrons. The van der Waals surface area contributed by atoms with E-state index in [4.69, 9.17) is 0 Å². The van der Waals surface area contributed by atoms with E-state index < -0.39 is 0 Å². The van der Waals surface area contributed by atoms with Crippen molar-refractivity contribution in [2.24, 2.45) is 0 Å². The van der Waals surface area contributed by atoms with E-state index in [0.717, 1.165) is 12.1 Å². The second-order valence-electron chi connectivity index (χ2n) is 4.90. The third-order valence-electron chi connectivity index (χ3n) is 3.49. The number of para-hydroxylation sites is 1. The van der Waals surface area contributed by atoms with E-state index in [1.54, 1.807) is 11.3 Å². The van der Waals surface area contributed by atoms with Gasteiger partial charge in [0.15, 0.2) is 0 Å². The van der Waals surface area contributed by atoms with Crippen LogP contribution in [-0.2, 0) is 0 Å². The smallest absolute Gasteiger partial charge is 0.0705 e. The van der Waals surface area contributed by atoms with Crippen molar-refractivity contribution in [1.29, 1.82) is 0 Å². The molecule has 3 heteroatoms. The molecule has 1 unspecified atom stereocenters. The fraction of sp³-hybridized carbons (Fsp3) is 0.235. The minimum Gasteiger partial charge on any atom is -0.306 e. The molecule has 20 heavy (non-hydrogen) atoms. The molecule has 0 aliphatic rings. The Labute approximate surface area is 123 Å². The van der Waals surface area contributed by atoms with Crippen LogP contribution in [0.25, 0.3) is 10.9 Å². The average Bonchev–Trinajstić information content (AvgIpc) is 2.91. The van der Waals surface area contributed by atoms with Crippen LogP contribution in [0.5, 0.6) is 0 Å². The highest BCUT2D eigenvalue weighted by Gasteiger charge is 2.16. The third kappa shape index (κ3) is 2.47. The van der Waals surface area contributed by atoms with Crippen LogP contribution in [0.2, 0.25) is 0 Å². The highest BCUT2D eigenvalue weighted by atomic mass is 32.1. The van der Waals surface area contributed by atoms with E-state index in [-0.39, 0.29) is 6.04 Å². The molecular formula is C17H18N2S. The van der Waals surface area contributed by atoms with Crippen LogP contribution in [0.3, 0.4) is 0 Å². The summed E-state index contributed by atoms with van der Waals surface area (Å²) in [6, 6.07) is 13.0. The molecule has 2 heterocycles. The molecular weight excluding hydrogens is 264 g/mol. The van der Waals surface area contributed by atoms with Crippen molar-refractivity contribution in [3.63, 3.8) is 0 Å². The molecule has 0 saturated heterocycles. The summed E-state index contributed by atoms with van der Waals surface area (Å²) < 4.78 is 0. The van der Waals surface area contributed by atoms with Crippen LogP contribution >= 0.6 is 11.3 Å². The first-order valence-corrected chi connectivity index (χ1v) is 7.79. The Kier molecular flexibility index (Phi) is 3.81. The highest BCUT2D eigenvalue weighted by Crippen LogP contribution is 2.30. The number of benzene rings is 1. The van der Waals surface area contributed by atoms with Gasteiger partial charge in [0.05, 0.1) is 11.6 Å². The molecule has 2 nitrogen and oxygen atoms in total. The summed E-state index contributed by atoms with van der Waals surface area (Å²) in [4.78, 5) is 5.81. The van der Waals surface area contributed by atoms with Gasteiger partial charge in [0.25, 0.3) is 0 Å². The minimum atomic E-state index is 0.234. The van der Waals surface area contributed by atoms with E-state index in [2.05, 4.69) is 59.9 Å². The van der Waals surface area contributed by atoms with Gasteiger partial charge in [-0.05, 0) is 48.2 Å². The lowest BCUT2D eigenvalue weighted by Gasteiger charge is -2.19. The van der Waals surface area contributed by atoms with Crippen molar-refractivity contribution in [3.8, 4) is 0 Å². The predicted molar refractivity (Wildman–Crippen MR) is 86.3 cm³/mol. The summed E-state index contributed by atoms with van der Waals surface area (Å²) in [5, 5.41) is 7.07. The van der Waals surface area contributed by atoms with Gasteiger partial charge in [0.2, 0.25) is 0 Å². The van der Waals surface area contributed by atoms with Crippen molar-refractivity contribution in [3.05, 3.63) is 64.0 Å². The second kappa shape index (κ2) is 5.73. The van der Waals surface area contributed by atoms with Gasteiger partial charge in [-0.3, -0.25) is 4.98 Å². The van der Waals surface area contributed by atoms with Gasteiger partial charge in [0, 0.05) is 16.5 Å². The molecule has 0 aliphatic carbocycles. The van der Waals surface area contributed by atoms with E-state index in [0.29, 0.717) is 0 Å². The quantitative estimate of drug-likeness (QED) is 0.771. The maximum Gasteiger partial charge on any atom is 0.0705 e. The molecule has 0 aliphatic heterocycles. The van der Waals surface area contributed by atoms with Crippen LogP contribution in [0, 0.1) is 6.92 Å². The van der Waals surface area contributed by atoms with E-state index in [1.165, 1.54) is 21.4 Å². The summed E-state index contributed by atoms with van der Waals surface area (Å²) in [6.07, 6.45) is 1.90. The van der Waals surface area contributed by atoms with Crippen molar-refractivity contribution in [2.45, 2.75) is 19.9 Å². The summed E-state index contributed by atoms with van der Waals surface area (Å²) in [7, 11) is 0. The number of nitrogens with zero attached hydrogens (tertiary/aromatic N) is 1. The first-order valence-electron chi connectivity index (χ1n) is 6.91. The zero-order valence-corrected chi connectivity index (χ0v) is 12.6. The SMILES string of the molecule is CCNC(c1csc(C)c1)c1ccnc2ccccc12. The van der Waals surface area contributed by atoms with E-state index in [9.17, 15) is 0 Å². The standard InChI is InChI=1S/C17H18N2S/c1-3-18-17(13-10-12(2)20-11-13)15-8-9-19-16-7-5-4-6-14(15)16/h4-11,17-18H,3H2,1-2H3. The van der Waals surface area contributed by atoms with Crippen LogP contribution < -0.4 is 5.32 Å². The summed E-state index contributed by atoms with van der Waals surface area (Å²) in [5.41, 5.74) is 3.70. The lowest BCUT2D eigenvalue weighted by Crippen LogP contribution is -2.21. The zero-order chi connectivity index (χ0) is 13.9. The van der Waals surface area contributed by atoms with Crippen molar-refractivity contribution in [2.75, 3.05) is 6.54 Å². The maximum atomic E-state index is 4.46.